The third-order valence-corrected chi connectivity index (χ3v) is 2.88. The van der Waals surface area contributed by atoms with E-state index in [-0.39, 0.29) is 12.5 Å². The molecule has 0 unspecified atom stereocenters. The van der Waals surface area contributed by atoms with E-state index in [0.29, 0.717) is 5.02 Å². The van der Waals surface area contributed by atoms with Crippen molar-refractivity contribution in [3.8, 4) is 0 Å². The van der Waals surface area contributed by atoms with Crippen LogP contribution >= 0.6 is 11.6 Å². The Morgan fingerprint density at radius 3 is 2.90 bits per heavy atom. The maximum absolute atomic E-state index is 11.7. The van der Waals surface area contributed by atoms with Crippen LogP contribution in [-0.2, 0) is 11.3 Å². The second kappa shape index (κ2) is 6.34. The van der Waals surface area contributed by atoms with Crippen LogP contribution in [0.4, 0.5) is 0 Å². The van der Waals surface area contributed by atoms with Crippen LogP contribution in [0.3, 0.4) is 0 Å². The molecule has 0 spiro atoms. The molecule has 0 fully saturated rings. The van der Waals surface area contributed by atoms with Crippen molar-refractivity contribution in [1.29, 1.82) is 0 Å². The monoisotopic (exact) mass is 290 g/mol. The summed E-state index contributed by atoms with van der Waals surface area (Å²) in [6, 6.07) is 9.13. The molecule has 0 atom stereocenters. The van der Waals surface area contributed by atoms with Crippen molar-refractivity contribution in [3.05, 3.63) is 52.3 Å². The van der Waals surface area contributed by atoms with Gasteiger partial charge in [0.05, 0.1) is 11.9 Å². The smallest absolute Gasteiger partial charge is 0.261 e. The molecule has 0 aliphatic rings. The molecule has 5 nitrogen and oxygen atoms in total. The van der Waals surface area contributed by atoms with Crippen molar-refractivity contribution >= 4 is 23.7 Å². The number of halogens is 1. The van der Waals surface area contributed by atoms with E-state index in [1.165, 1.54) is 0 Å². The molecule has 2 aromatic rings. The molecule has 0 aliphatic heterocycles. The van der Waals surface area contributed by atoms with Crippen LogP contribution < -0.4 is 5.43 Å². The fourth-order valence-corrected chi connectivity index (χ4v) is 1.97. The molecule has 1 aromatic carbocycles. The van der Waals surface area contributed by atoms with Crippen LogP contribution in [-0.4, -0.2) is 21.9 Å². The lowest BCUT2D eigenvalue weighted by Gasteiger charge is -2.02. The SMILES string of the molecule is Cc1cc(C)n(CC(=O)NN=Cc2cccc(Cl)c2)n1. The van der Waals surface area contributed by atoms with E-state index in [2.05, 4.69) is 15.6 Å². The Morgan fingerprint density at radius 1 is 1.45 bits per heavy atom. The molecule has 1 N–H and O–H groups in total. The molecule has 0 radical (unpaired) electrons. The van der Waals surface area contributed by atoms with Gasteiger partial charge in [-0.1, -0.05) is 23.7 Å². The molecule has 2 rings (SSSR count). The number of carbonyl (C=O) groups is 1. The standard InChI is InChI=1S/C14H15ClN4O/c1-10-6-11(2)19(18-10)9-14(20)17-16-8-12-4-3-5-13(15)7-12/h3-8H,9H2,1-2H3,(H,17,20). The van der Waals surface area contributed by atoms with Gasteiger partial charge in [0.2, 0.25) is 0 Å². The zero-order valence-corrected chi connectivity index (χ0v) is 12.1. The van der Waals surface area contributed by atoms with E-state index >= 15 is 0 Å². The molecule has 0 saturated carbocycles. The Kier molecular flexibility index (Phi) is 4.53. The van der Waals surface area contributed by atoms with Crippen molar-refractivity contribution in [2.45, 2.75) is 20.4 Å². The number of carbonyl (C=O) groups excluding carboxylic acids is 1. The highest BCUT2D eigenvalue weighted by molar-refractivity contribution is 6.30. The van der Waals surface area contributed by atoms with Crippen molar-refractivity contribution in [3.63, 3.8) is 0 Å². The highest BCUT2D eigenvalue weighted by Gasteiger charge is 2.05. The van der Waals surface area contributed by atoms with Gasteiger partial charge in [-0.05, 0) is 37.6 Å². The second-order valence-corrected chi connectivity index (χ2v) is 4.87. The number of hydrogen-bond acceptors (Lipinski definition) is 3. The molecular weight excluding hydrogens is 276 g/mol. The van der Waals surface area contributed by atoms with Crippen molar-refractivity contribution in [2.75, 3.05) is 0 Å². The summed E-state index contributed by atoms with van der Waals surface area (Å²) in [4.78, 5) is 11.7. The second-order valence-electron chi connectivity index (χ2n) is 4.43. The number of aryl methyl sites for hydroxylation is 2. The predicted molar refractivity (Wildman–Crippen MR) is 78.9 cm³/mol. The minimum Gasteiger partial charge on any atom is -0.271 e. The summed E-state index contributed by atoms with van der Waals surface area (Å²) in [5, 5.41) is 8.73. The normalized spacial score (nSPS) is 10.9. The van der Waals surface area contributed by atoms with Crippen molar-refractivity contribution in [1.82, 2.24) is 15.2 Å². The third-order valence-electron chi connectivity index (χ3n) is 2.65. The van der Waals surface area contributed by atoms with Gasteiger partial charge in [-0.15, -0.1) is 0 Å². The summed E-state index contributed by atoms with van der Waals surface area (Å²) in [6.45, 7) is 3.94. The summed E-state index contributed by atoms with van der Waals surface area (Å²) in [6.07, 6.45) is 1.55. The molecule has 1 aromatic heterocycles. The minimum absolute atomic E-state index is 0.145. The summed E-state index contributed by atoms with van der Waals surface area (Å²) in [5.41, 5.74) is 5.11. The van der Waals surface area contributed by atoms with Gasteiger partial charge in [0.25, 0.3) is 5.91 Å². The van der Waals surface area contributed by atoms with E-state index in [1.807, 2.05) is 32.0 Å². The van der Waals surface area contributed by atoms with E-state index in [9.17, 15) is 4.79 Å². The number of hydrogen-bond donors (Lipinski definition) is 1. The van der Waals surface area contributed by atoms with Gasteiger partial charge in [0, 0.05) is 10.7 Å². The largest absolute Gasteiger partial charge is 0.271 e. The Balaban J connectivity index is 1.91. The van der Waals surface area contributed by atoms with Gasteiger partial charge in [0.1, 0.15) is 6.54 Å². The first-order chi connectivity index (χ1) is 9.54. The summed E-state index contributed by atoms with van der Waals surface area (Å²) in [5.74, 6) is -0.227. The molecular formula is C14H15ClN4O. The fraction of sp³-hybridized carbons (Fsp3) is 0.214. The topological polar surface area (TPSA) is 59.3 Å². The quantitative estimate of drug-likeness (QED) is 0.694. The van der Waals surface area contributed by atoms with Gasteiger partial charge < -0.3 is 0 Å². The maximum Gasteiger partial charge on any atom is 0.261 e. The Morgan fingerprint density at radius 2 is 2.25 bits per heavy atom. The van der Waals surface area contributed by atoms with Gasteiger partial charge in [-0.3, -0.25) is 9.48 Å². The Hall–Kier alpha value is -2.14. The Labute approximate surface area is 122 Å². The maximum atomic E-state index is 11.7. The zero-order chi connectivity index (χ0) is 14.5. The molecule has 6 heteroatoms. The van der Waals surface area contributed by atoms with Crippen molar-refractivity contribution in [2.24, 2.45) is 5.10 Å². The number of aromatic nitrogens is 2. The number of nitrogens with one attached hydrogen (secondary N) is 1. The molecule has 0 aliphatic carbocycles. The molecule has 104 valence electrons. The number of amides is 1. The summed E-state index contributed by atoms with van der Waals surface area (Å²) < 4.78 is 1.64. The molecule has 0 saturated heterocycles. The van der Waals surface area contributed by atoms with Crippen LogP contribution in [0, 0.1) is 13.8 Å². The first-order valence-corrected chi connectivity index (χ1v) is 6.51. The van der Waals surface area contributed by atoms with Gasteiger partial charge in [0.15, 0.2) is 0 Å². The first-order valence-electron chi connectivity index (χ1n) is 6.13. The van der Waals surface area contributed by atoms with E-state index in [0.717, 1.165) is 17.0 Å². The number of benzene rings is 1. The van der Waals surface area contributed by atoms with Gasteiger partial charge >= 0.3 is 0 Å². The highest BCUT2D eigenvalue weighted by Crippen LogP contribution is 2.08. The van der Waals surface area contributed by atoms with Crippen LogP contribution in [0.1, 0.15) is 17.0 Å². The van der Waals surface area contributed by atoms with Gasteiger partial charge in [-0.25, -0.2) is 5.43 Å². The average Bonchev–Trinajstić information content (AvgIpc) is 2.68. The van der Waals surface area contributed by atoms with Crippen molar-refractivity contribution < 1.29 is 4.79 Å². The van der Waals surface area contributed by atoms with Crippen LogP contribution in [0.15, 0.2) is 35.4 Å². The summed E-state index contributed by atoms with van der Waals surface area (Å²) >= 11 is 5.85. The number of hydrazone groups is 1. The fourth-order valence-electron chi connectivity index (χ4n) is 1.77. The first kappa shape index (κ1) is 14.3. The molecule has 20 heavy (non-hydrogen) atoms. The van der Waals surface area contributed by atoms with Crippen LogP contribution in [0.5, 0.6) is 0 Å². The minimum atomic E-state index is -0.227. The summed E-state index contributed by atoms with van der Waals surface area (Å²) in [7, 11) is 0. The lowest BCUT2D eigenvalue weighted by Crippen LogP contribution is -2.24. The molecule has 1 amide bonds. The number of rotatable bonds is 4. The average molecular weight is 291 g/mol. The highest BCUT2D eigenvalue weighted by atomic mass is 35.5. The molecule has 1 heterocycles. The third kappa shape index (κ3) is 3.93. The van der Waals surface area contributed by atoms with E-state index in [4.69, 9.17) is 11.6 Å². The van der Waals surface area contributed by atoms with Gasteiger partial charge in [-0.2, -0.15) is 10.2 Å². The lowest BCUT2D eigenvalue weighted by atomic mass is 10.2. The van der Waals surface area contributed by atoms with Crippen LogP contribution in [0.25, 0.3) is 0 Å². The predicted octanol–water partition coefficient (Wildman–Crippen LogP) is 2.30. The lowest BCUT2D eigenvalue weighted by molar-refractivity contribution is -0.121. The zero-order valence-electron chi connectivity index (χ0n) is 11.3. The Bertz CT molecular complexity index is 648. The van der Waals surface area contributed by atoms with Crippen LogP contribution in [0.2, 0.25) is 5.02 Å². The number of nitrogens with zero attached hydrogens (tertiary/aromatic N) is 3. The van der Waals surface area contributed by atoms with E-state index in [1.54, 1.807) is 23.0 Å². The molecule has 0 bridgehead atoms. The van der Waals surface area contributed by atoms with E-state index < -0.39 is 0 Å².